The second-order valence-corrected chi connectivity index (χ2v) is 5.51. The summed E-state index contributed by atoms with van der Waals surface area (Å²) >= 11 is 3.43. The summed E-state index contributed by atoms with van der Waals surface area (Å²) in [5.41, 5.74) is 5.02. The van der Waals surface area contributed by atoms with Crippen molar-refractivity contribution in [1.82, 2.24) is 19.7 Å². The predicted molar refractivity (Wildman–Crippen MR) is 83.1 cm³/mol. The van der Waals surface area contributed by atoms with Crippen LogP contribution in [0.3, 0.4) is 0 Å². The number of nitrogens with zero attached hydrogens (tertiary/aromatic N) is 4. The van der Waals surface area contributed by atoms with Crippen molar-refractivity contribution in [3.63, 3.8) is 0 Å². The third-order valence-corrected chi connectivity index (χ3v) is 3.74. The molecule has 3 aromatic heterocycles. The summed E-state index contributed by atoms with van der Waals surface area (Å²) in [5.74, 6) is 0. The highest BCUT2D eigenvalue weighted by molar-refractivity contribution is 9.10. The Morgan fingerprint density at radius 1 is 1.15 bits per heavy atom. The lowest BCUT2D eigenvalue weighted by Crippen LogP contribution is -2.03. The highest BCUT2D eigenvalue weighted by atomic mass is 79.9. The van der Waals surface area contributed by atoms with E-state index in [0.29, 0.717) is 0 Å². The van der Waals surface area contributed by atoms with Gasteiger partial charge in [0.2, 0.25) is 0 Å². The van der Waals surface area contributed by atoms with E-state index in [-0.39, 0.29) is 0 Å². The molecule has 0 radical (unpaired) electrons. The van der Waals surface area contributed by atoms with Crippen LogP contribution in [0.1, 0.15) is 25.2 Å². The van der Waals surface area contributed by atoms with Gasteiger partial charge in [-0.3, -0.25) is 9.97 Å². The van der Waals surface area contributed by atoms with Gasteiger partial charge in [0, 0.05) is 22.6 Å². The lowest BCUT2D eigenvalue weighted by atomic mass is 10.2. The quantitative estimate of drug-likeness (QED) is 0.735. The highest BCUT2D eigenvalue weighted by Crippen LogP contribution is 2.23. The topological polar surface area (TPSA) is 43.6 Å². The molecule has 0 amide bonds. The van der Waals surface area contributed by atoms with Crippen LogP contribution in [-0.4, -0.2) is 19.7 Å². The number of pyridine rings is 2. The van der Waals surface area contributed by atoms with Crippen LogP contribution in [0.25, 0.3) is 16.7 Å². The van der Waals surface area contributed by atoms with Crippen LogP contribution in [0.5, 0.6) is 0 Å². The van der Waals surface area contributed by atoms with E-state index in [0.717, 1.165) is 39.7 Å². The van der Waals surface area contributed by atoms with Gasteiger partial charge in [0.15, 0.2) is 0 Å². The van der Waals surface area contributed by atoms with E-state index < -0.39 is 0 Å². The van der Waals surface area contributed by atoms with Gasteiger partial charge >= 0.3 is 0 Å². The van der Waals surface area contributed by atoms with Crippen molar-refractivity contribution in [2.45, 2.75) is 26.7 Å². The number of hydrogen-bond acceptors (Lipinski definition) is 3. The molecule has 0 aliphatic rings. The molecular formula is C15H15BrN4. The second-order valence-electron chi connectivity index (χ2n) is 4.60. The molecule has 0 saturated carbocycles. The SMILES string of the molecule is CCc1cc(CC)n(-c2ccnc3cc(Br)cnc23)n1. The monoisotopic (exact) mass is 330 g/mol. The van der Waals surface area contributed by atoms with Gasteiger partial charge in [0.05, 0.1) is 16.9 Å². The molecule has 5 heteroatoms. The maximum atomic E-state index is 4.68. The Morgan fingerprint density at radius 3 is 2.75 bits per heavy atom. The molecule has 20 heavy (non-hydrogen) atoms. The van der Waals surface area contributed by atoms with E-state index in [9.17, 15) is 0 Å². The fourth-order valence-electron chi connectivity index (χ4n) is 2.27. The van der Waals surface area contributed by atoms with E-state index in [2.05, 4.69) is 50.9 Å². The maximum absolute atomic E-state index is 4.68. The largest absolute Gasteiger partial charge is 0.254 e. The zero-order valence-corrected chi connectivity index (χ0v) is 13.1. The zero-order chi connectivity index (χ0) is 14.1. The molecule has 0 unspecified atom stereocenters. The van der Waals surface area contributed by atoms with Gasteiger partial charge in [-0.1, -0.05) is 13.8 Å². The molecule has 0 atom stereocenters. The zero-order valence-electron chi connectivity index (χ0n) is 11.5. The first-order valence-corrected chi connectivity index (χ1v) is 7.50. The summed E-state index contributed by atoms with van der Waals surface area (Å²) in [7, 11) is 0. The fourth-order valence-corrected chi connectivity index (χ4v) is 2.59. The average Bonchev–Trinajstić information content (AvgIpc) is 2.89. The molecule has 0 aromatic carbocycles. The molecule has 0 N–H and O–H groups in total. The molecular weight excluding hydrogens is 316 g/mol. The number of halogens is 1. The van der Waals surface area contributed by atoms with Crippen LogP contribution in [-0.2, 0) is 12.8 Å². The fraction of sp³-hybridized carbons (Fsp3) is 0.267. The van der Waals surface area contributed by atoms with Gasteiger partial charge in [0.25, 0.3) is 0 Å². The van der Waals surface area contributed by atoms with Gasteiger partial charge in [-0.25, -0.2) is 4.68 Å². The number of fused-ring (bicyclic) bond motifs is 1. The first-order chi connectivity index (χ1) is 9.72. The van der Waals surface area contributed by atoms with Crippen molar-refractivity contribution in [2.75, 3.05) is 0 Å². The molecule has 0 spiro atoms. The van der Waals surface area contributed by atoms with Crippen molar-refractivity contribution < 1.29 is 0 Å². The van der Waals surface area contributed by atoms with Crippen molar-refractivity contribution >= 4 is 27.0 Å². The molecule has 0 aliphatic heterocycles. The number of aryl methyl sites for hydroxylation is 2. The van der Waals surface area contributed by atoms with Crippen LogP contribution in [0, 0.1) is 0 Å². The number of rotatable bonds is 3. The molecule has 0 aliphatic carbocycles. The normalized spacial score (nSPS) is 11.2. The van der Waals surface area contributed by atoms with Gasteiger partial charge in [-0.05, 0) is 47.0 Å². The molecule has 3 rings (SSSR count). The van der Waals surface area contributed by atoms with Gasteiger partial charge in [-0.2, -0.15) is 5.10 Å². The minimum absolute atomic E-state index is 0.868. The molecule has 0 fully saturated rings. The molecule has 4 nitrogen and oxygen atoms in total. The Labute approximate surface area is 126 Å². The first-order valence-electron chi connectivity index (χ1n) is 6.71. The lowest BCUT2D eigenvalue weighted by Gasteiger charge is -2.08. The molecule has 3 heterocycles. The van der Waals surface area contributed by atoms with E-state index in [1.54, 1.807) is 12.4 Å². The Balaban J connectivity index is 2.26. The minimum Gasteiger partial charge on any atom is -0.254 e. The summed E-state index contributed by atoms with van der Waals surface area (Å²) in [6.07, 6.45) is 5.47. The summed E-state index contributed by atoms with van der Waals surface area (Å²) < 4.78 is 2.92. The lowest BCUT2D eigenvalue weighted by molar-refractivity contribution is 0.796. The van der Waals surface area contributed by atoms with Crippen molar-refractivity contribution in [2.24, 2.45) is 0 Å². The predicted octanol–water partition coefficient (Wildman–Crippen LogP) is 3.70. The molecule has 0 bridgehead atoms. The first kappa shape index (κ1) is 13.2. The molecule has 0 saturated heterocycles. The third-order valence-electron chi connectivity index (χ3n) is 3.31. The van der Waals surface area contributed by atoms with Gasteiger partial charge in [-0.15, -0.1) is 0 Å². The standard InChI is InChI=1S/C15H15BrN4/c1-3-11-8-12(4-2)20(19-11)14-5-6-17-13-7-10(16)9-18-15(13)14/h5-9H,3-4H2,1-2H3. The summed E-state index contributed by atoms with van der Waals surface area (Å²) in [6.45, 7) is 4.26. The van der Waals surface area contributed by atoms with E-state index in [4.69, 9.17) is 0 Å². The minimum atomic E-state index is 0.868. The molecule has 3 aromatic rings. The van der Waals surface area contributed by atoms with Crippen LogP contribution in [0.4, 0.5) is 0 Å². The van der Waals surface area contributed by atoms with Gasteiger partial charge < -0.3 is 0 Å². The Morgan fingerprint density at radius 2 is 2.00 bits per heavy atom. The smallest absolute Gasteiger partial charge is 0.114 e. The van der Waals surface area contributed by atoms with E-state index >= 15 is 0 Å². The summed E-state index contributed by atoms with van der Waals surface area (Å²) in [5, 5.41) is 4.68. The Hall–Kier alpha value is -1.75. The Bertz CT molecular complexity index is 764. The number of aromatic nitrogens is 4. The van der Waals surface area contributed by atoms with Gasteiger partial charge in [0.1, 0.15) is 5.52 Å². The van der Waals surface area contributed by atoms with E-state index in [1.165, 1.54) is 5.69 Å². The molecule has 102 valence electrons. The van der Waals surface area contributed by atoms with Crippen LogP contribution < -0.4 is 0 Å². The van der Waals surface area contributed by atoms with Crippen LogP contribution >= 0.6 is 15.9 Å². The highest BCUT2D eigenvalue weighted by Gasteiger charge is 2.11. The number of hydrogen-bond donors (Lipinski definition) is 0. The maximum Gasteiger partial charge on any atom is 0.114 e. The van der Waals surface area contributed by atoms with Crippen molar-refractivity contribution in [1.29, 1.82) is 0 Å². The van der Waals surface area contributed by atoms with Crippen molar-refractivity contribution in [3.05, 3.63) is 46.5 Å². The summed E-state index contributed by atoms with van der Waals surface area (Å²) in [6, 6.07) is 6.10. The van der Waals surface area contributed by atoms with Crippen LogP contribution in [0.2, 0.25) is 0 Å². The van der Waals surface area contributed by atoms with Crippen LogP contribution in [0.15, 0.2) is 35.1 Å². The second kappa shape index (κ2) is 5.32. The van der Waals surface area contributed by atoms with Crippen molar-refractivity contribution in [3.8, 4) is 5.69 Å². The average molecular weight is 331 g/mol. The Kier molecular flexibility index (Phi) is 3.53. The van der Waals surface area contributed by atoms with E-state index in [1.807, 2.05) is 16.8 Å². The summed E-state index contributed by atoms with van der Waals surface area (Å²) in [4.78, 5) is 8.87. The third kappa shape index (κ3) is 2.22.